The largest absolute Gasteiger partial charge is 0.378 e. The van der Waals surface area contributed by atoms with Gasteiger partial charge in [-0.2, -0.15) is 0 Å². The van der Waals surface area contributed by atoms with Crippen molar-refractivity contribution < 1.29 is 4.74 Å². The smallest absolute Gasteiger partial charge is 0.0901 e. The van der Waals surface area contributed by atoms with Gasteiger partial charge in [-0.05, 0) is 19.8 Å². The van der Waals surface area contributed by atoms with Crippen LogP contribution >= 0.6 is 11.3 Å². The lowest BCUT2D eigenvalue weighted by Crippen LogP contribution is -2.25. The van der Waals surface area contributed by atoms with Crippen LogP contribution in [-0.4, -0.2) is 18.1 Å². The topological polar surface area (TPSA) is 34.1 Å². The third kappa shape index (κ3) is 3.03. The molecule has 1 fully saturated rings. The maximum atomic E-state index is 5.17. The summed E-state index contributed by atoms with van der Waals surface area (Å²) in [6.45, 7) is 3.64. The molecule has 0 saturated heterocycles. The average Bonchev–Trinajstić information content (AvgIpc) is 2.86. The lowest BCUT2D eigenvalue weighted by molar-refractivity contribution is 0.181. The van der Waals surface area contributed by atoms with Crippen LogP contribution in [0.2, 0.25) is 0 Å². The number of methoxy groups -OCH3 is 1. The van der Waals surface area contributed by atoms with E-state index in [2.05, 4.69) is 17.2 Å². The average molecular weight is 240 g/mol. The minimum absolute atomic E-state index is 0.631. The van der Waals surface area contributed by atoms with Crippen molar-refractivity contribution in [1.29, 1.82) is 0 Å². The standard InChI is InChI=1S/C12H20N2OS/c1-9-14-11(8-15-2)12(16-9)7-13-10-5-3-4-6-10/h10,13H,3-8H2,1-2H3. The molecule has 1 aliphatic rings. The van der Waals surface area contributed by atoms with Gasteiger partial charge in [0, 0.05) is 24.6 Å². The molecule has 1 aromatic rings. The number of aromatic nitrogens is 1. The summed E-state index contributed by atoms with van der Waals surface area (Å²) in [5.41, 5.74) is 1.11. The van der Waals surface area contributed by atoms with Crippen LogP contribution in [0.3, 0.4) is 0 Å². The zero-order chi connectivity index (χ0) is 11.4. The van der Waals surface area contributed by atoms with Crippen molar-refractivity contribution in [3.05, 3.63) is 15.6 Å². The van der Waals surface area contributed by atoms with Crippen LogP contribution in [-0.2, 0) is 17.9 Å². The Morgan fingerprint density at radius 2 is 2.19 bits per heavy atom. The van der Waals surface area contributed by atoms with E-state index in [1.807, 2.05) is 0 Å². The minimum Gasteiger partial charge on any atom is -0.378 e. The number of thiazole rings is 1. The molecule has 0 aliphatic heterocycles. The van der Waals surface area contributed by atoms with Gasteiger partial charge in [0.05, 0.1) is 17.3 Å². The summed E-state index contributed by atoms with van der Waals surface area (Å²) in [4.78, 5) is 5.84. The van der Waals surface area contributed by atoms with E-state index in [9.17, 15) is 0 Å². The third-order valence-electron chi connectivity index (χ3n) is 3.07. The van der Waals surface area contributed by atoms with Crippen molar-refractivity contribution in [2.45, 2.75) is 51.8 Å². The van der Waals surface area contributed by atoms with Crippen molar-refractivity contribution in [1.82, 2.24) is 10.3 Å². The second-order valence-corrected chi connectivity index (χ2v) is 5.69. The molecule has 0 radical (unpaired) electrons. The van der Waals surface area contributed by atoms with Gasteiger partial charge in [0.25, 0.3) is 0 Å². The van der Waals surface area contributed by atoms with Gasteiger partial charge in [-0.3, -0.25) is 0 Å². The van der Waals surface area contributed by atoms with E-state index in [0.717, 1.165) is 23.3 Å². The molecule has 1 aliphatic carbocycles. The summed E-state index contributed by atoms with van der Waals surface area (Å²) in [7, 11) is 1.73. The second kappa shape index (κ2) is 5.75. The lowest BCUT2D eigenvalue weighted by Gasteiger charge is -2.11. The number of hydrogen-bond acceptors (Lipinski definition) is 4. The predicted octanol–water partition coefficient (Wildman–Crippen LogP) is 2.63. The van der Waals surface area contributed by atoms with E-state index < -0.39 is 0 Å². The van der Waals surface area contributed by atoms with E-state index >= 15 is 0 Å². The Bertz CT molecular complexity index is 332. The lowest BCUT2D eigenvalue weighted by atomic mass is 10.2. The number of nitrogens with zero attached hydrogens (tertiary/aromatic N) is 1. The highest BCUT2D eigenvalue weighted by atomic mass is 32.1. The van der Waals surface area contributed by atoms with Gasteiger partial charge in [-0.1, -0.05) is 12.8 Å². The van der Waals surface area contributed by atoms with Crippen molar-refractivity contribution in [3.8, 4) is 0 Å². The van der Waals surface area contributed by atoms with E-state index in [1.165, 1.54) is 30.6 Å². The van der Waals surface area contributed by atoms with E-state index in [0.29, 0.717) is 6.61 Å². The number of hydrogen-bond donors (Lipinski definition) is 1. The Balaban J connectivity index is 1.91. The molecule has 16 heavy (non-hydrogen) atoms. The van der Waals surface area contributed by atoms with Gasteiger partial charge in [-0.15, -0.1) is 11.3 Å². The molecular weight excluding hydrogens is 220 g/mol. The summed E-state index contributed by atoms with van der Waals surface area (Å²) >= 11 is 1.78. The van der Waals surface area contributed by atoms with Crippen molar-refractivity contribution >= 4 is 11.3 Å². The maximum Gasteiger partial charge on any atom is 0.0901 e. The molecule has 1 aromatic heterocycles. The SMILES string of the molecule is COCc1nc(C)sc1CNC1CCCC1. The number of ether oxygens (including phenoxy) is 1. The molecule has 0 spiro atoms. The monoisotopic (exact) mass is 240 g/mol. The Labute approximate surface area is 101 Å². The van der Waals surface area contributed by atoms with Gasteiger partial charge >= 0.3 is 0 Å². The summed E-state index contributed by atoms with van der Waals surface area (Å²) < 4.78 is 5.17. The van der Waals surface area contributed by atoms with Crippen molar-refractivity contribution in [2.75, 3.05) is 7.11 Å². The first-order valence-electron chi connectivity index (χ1n) is 5.97. The zero-order valence-electron chi connectivity index (χ0n) is 10.1. The summed E-state index contributed by atoms with van der Waals surface area (Å²) in [5.74, 6) is 0. The van der Waals surface area contributed by atoms with Crippen LogP contribution in [0.1, 0.15) is 41.3 Å². The number of nitrogens with one attached hydrogen (secondary N) is 1. The van der Waals surface area contributed by atoms with Crippen LogP contribution in [0.4, 0.5) is 0 Å². The van der Waals surface area contributed by atoms with Crippen LogP contribution in [0, 0.1) is 6.92 Å². The molecule has 0 unspecified atom stereocenters. The van der Waals surface area contributed by atoms with Crippen LogP contribution in [0.25, 0.3) is 0 Å². The van der Waals surface area contributed by atoms with E-state index in [-0.39, 0.29) is 0 Å². The fourth-order valence-corrected chi connectivity index (χ4v) is 3.16. The zero-order valence-corrected chi connectivity index (χ0v) is 10.9. The van der Waals surface area contributed by atoms with Crippen molar-refractivity contribution in [2.24, 2.45) is 0 Å². The molecule has 2 rings (SSSR count). The molecule has 4 heteroatoms. The molecule has 0 aromatic carbocycles. The predicted molar refractivity (Wildman–Crippen MR) is 66.7 cm³/mol. The Kier molecular flexibility index (Phi) is 4.32. The van der Waals surface area contributed by atoms with Gasteiger partial charge in [0.1, 0.15) is 0 Å². The minimum atomic E-state index is 0.631. The van der Waals surface area contributed by atoms with Gasteiger partial charge in [0.15, 0.2) is 0 Å². The first kappa shape index (κ1) is 12.0. The molecule has 1 saturated carbocycles. The summed E-state index contributed by atoms with van der Waals surface area (Å²) in [5, 5.41) is 4.76. The highest BCUT2D eigenvalue weighted by Gasteiger charge is 2.15. The van der Waals surface area contributed by atoms with Crippen molar-refractivity contribution in [3.63, 3.8) is 0 Å². The molecule has 90 valence electrons. The highest BCUT2D eigenvalue weighted by Crippen LogP contribution is 2.21. The Hall–Kier alpha value is -0.450. The third-order valence-corrected chi connectivity index (χ3v) is 4.09. The molecule has 3 nitrogen and oxygen atoms in total. The molecule has 1 heterocycles. The van der Waals surface area contributed by atoms with Gasteiger partial charge in [-0.25, -0.2) is 4.98 Å². The number of aryl methyl sites for hydroxylation is 1. The fourth-order valence-electron chi connectivity index (χ4n) is 2.27. The molecule has 0 atom stereocenters. The van der Waals surface area contributed by atoms with Crippen LogP contribution < -0.4 is 5.32 Å². The quantitative estimate of drug-likeness (QED) is 0.859. The summed E-state index contributed by atoms with van der Waals surface area (Å²) in [6.07, 6.45) is 5.42. The molecular formula is C12H20N2OS. The first-order valence-corrected chi connectivity index (χ1v) is 6.78. The number of rotatable bonds is 5. The van der Waals surface area contributed by atoms with E-state index in [4.69, 9.17) is 4.74 Å². The van der Waals surface area contributed by atoms with Crippen LogP contribution in [0.15, 0.2) is 0 Å². The van der Waals surface area contributed by atoms with E-state index in [1.54, 1.807) is 18.4 Å². The highest BCUT2D eigenvalue weighted by molar-refractivity contribution is 7.11. The molecule has 1 N–H and O–H groups in total. The second-order valence-electron chi connectivity index (χ2n) is 4.40. The fraction of sp³-hybridized carbons (Fsp3) is 0.750. The Morgan fingerprint density at radius 3 is 2.88 bits per heavy atom. The van der Waals surface area contributed by atoms with Crippen LogP contribution in [0.5, 0.6) is 0 Å². The summed E-state index contributed by atoms with van der Waals surface area (Å²) in [6, 6.07) is 0.720. The van der Waals surface area contributed by atoms with Gasteiger partial charge in [0.2, 0.25) is 0 Å². The molecule has 0 amide bonds. The maximum absolute atomic E-state index is 5.17. The molecule has 0 bridgehead atoms. The Morgan fingerprint density at radius 1 is 1.44 bits per heavy atom. The first-order chi connectivity index (χ1) is 7.79. The van der Waals surface area contributed by atoms with Gasteiger partial charge < -0.3 is 10.1 Å². The normalized spacial score (nSPS) is 17.1.